The average Bonchev–Trinajstić information content (AvgIpc) is 2.28. The van der Waals surface area contributed by atoms with Gasteiger partial charge in [0, 0.05) is 17.3 Å². The van der Waals surface area contributed by atoms with Crippen molar-refractivity contribution in [2.45, 2.75) is 25.7 Å². The molecule has 1 heterocycles. The minimum atomic E-state index is -2.82. The molecule has 1 N–H and O–H groups in total. The summed E-state index contributed by atoms with van der Waals surface area (Å²) >= 11 is 5.57. The Morgan fingerprint density at radius 2 is 2.22 bits per heavy atom. The second kappa shape index (κ2) is 6.49. The Morgan fingerprint density at radius 3 is 2.72 bits per heavy atom. The fourth-order valence-electron chi connectivity index (χ4n) is 1.43. The first-order chi connectivity index (χ1) is 8.49. The van der Waals surface area contributed by atoms with Gasteiger partial charge >= 0.3 is 5.97 Å². The number of aromatic nitrogens is 1. The topological polar surface area (TPSA) is 59.2 Å². The fraction of sp³-hybridized carbons (Fsp3) is 0.455. The van der Waals surface area contributed by atoms with Crippen LogP contribution in [-0.4, -0.2) is 17.6 Å². The van der Waals surface area contributed by atoms with Crippen LogP contribution >= 0.6 is 11.6 Å². The first-order valence-corrected chi connectivity index (χ1v) is 5.77. The molecule has 0 fully saturated rings. The number of hydrogen-bond donors (Lipinski definition) is 1. The van der Waals surface area contributed by atoms with Gasteiger partial charge in [-0.2, -0.15) is 0 Å². The Labute approximate surface area is 107 Å². The highest BCUT2D eigenvalue weighted by molar-refractivity contribution is 6.17. The largest absolute Gasteiger partial charge is 0.466 e. The van der Waals surface area contributed by atoms with Gasteiger partial charge < -0.3 is 9.72 Å². The third kappa shape index (κ3) is 3.53. The third-order valence-electron chi connectivity index (χ3n) is 2.24. The molecule has 0 aromatic carbocycles. The summed E-state index contributed by atoms with van der Waals surface area (Å²) in [6.07, 6.45) is -3.10. The molecule has 18 heavy (non-hydrogen) atoms. The molecule has 0 saturated carbocycles. The van der Waals surface area contributed by atoms with Crippen LogP contribution in [0.1, 0.15) is 30.3 Å². The molecule has 0 amide bonds. The van der Waals surface area contributed by atoms with E-state index in [1.807, 2.05) is 0 Å². The van der Waals surface area contributed by atoms with Gasteiger partial charge in [-0.05, 0) is 6.92 Å². The van der Waals surface area contributed by atoms with E-state index in [0.717, 1.165) is 6.07 Å². The number of H-pyrrole nitrogens is 1. The lowest BCUT2D eigenvalue weighted by Crippen LogP contribution is -2.18. The standard InChI is InChI=1S/C11H12ClF2NO3/c1-2-18-10(17)4-7-6(5-12)9(16)3-8(15-7)11(13)14/h3,11H,2,4-5H2,1H3,(H,15,16). The van der Waals surface area contributed by atoms with E-state index in [1.54, 1.807) is 6.92 Å². The van der Waals surface area contributed by atoms with Gasteiger partial charge in [0.25, 0.3) is 6.43 Å². The molecular formula is C11H12ClF2NO3. The Kier molecular flexibility index (Phi) is 5.27. The van der Waals surface area contributed by atoms with E-state index >= 15 is 0 Å². The first kappa shape index (κ1) is 14.6. The Balaban J connectivity index is 3.14. The number of halogens is 3. The zero-order valence-electron chi connectivity index (χ0n) is 9.63. The van der Waals surface area contributed by atoms with E-state index in [9.17, 15) is 18.4 Å². The molecule has 1 aromatic heterocycles. The van der Waals surface area contributed by atoms with Gasteiger partial charge in [-0.3, -0.25) is 9.59 Å². The number of aromatic amines is 1. The summed E-state index contributed by atoms with van der Waals surface area (Å²) in [5.74, 6) is -0.765. The summed E-state index contributed by atoms with van der Waals surface area (Å²) in [5.41, 5.74) is -0.966. The van der Waals surface area contributed by atoms with Crippen LogP contribution in [0, 0.1) is 0 Å². The third-order valence-corrected chi connectivity index (χ3v) is 2.51. The average molecular weight is 280 g/mol. The van der Waals surface area contributed by atoms with Crippen LogP contribution in [0.5, 0.6) is 0 Å². The maximum atomic E-state index is 12.5. The number of ether oxygens (including phenoxy) is 1. The van der Waals surface area contributed by atoms with Crippen LogP contribution < -0.4 is 5.43 Å². The number of alkyl halides is 3. The highest BCUT2D eigenvalue weighted by atomic mass is 35.5. The van der Waals surface area contributed by atoms with Crippen molar-refractivity contribution < 1.29 is 18.3 Å². The van der Waals surface area contributed by atoms with Crippen molar-refractivity contribution in [2.75, 3.05) is 6.61 Å². The second-order valence-electron chi connectivity index (χ2n) is 3.46. The SMILES string of the molecule is CCOC(=O)Cc1[nH]c(C(F)F)cc(=O)c1CCl. The number of carbonyl (C=O) groups is 1. The number of carbonyl (C=O) groups excluding carboxylic acids is 1. The fourth-order valence-corrected chi connectivity index (χ4v) is 1.73. The number of pyridine rings is 1. The van der Waals surface area contributed by atoms with Crippen molar-refractivity contribution in [2.24, 2.45) is 0 Å². The van der Waals surface area contributed by atoms with E-state index in [4.69, 9.17) is 16.3 Å². The van der Waals surface area contributed by atoms with Crippen molar-refractivity contribution >= 4 is 17.6 Å². The van der Waals surface area contributed by atoms with Crippen LogP contribution in [-0.2, 0) is 21.8 Å². The zero-order chi connectivity index (χ0) is 13.7. The summed E-state index contributed by atoms with van der Waals surface area (Å²) in [5, 5.41) is 0. The van der Waals surface area contributed by atoms with Crippen LogP contribution in [0.15, 0.2) is 10.9 Å². The number of esters is 1. The minimum absolute atomic E-state index is 0.0752. The van der Waals surface area contributed by atoms with Gasteiger partial charge in [-0.15, -0.1) is 11.6 Å². The number of rotatable bonds is 5. The molecule has 0 spiro atoms. The van der Waals surface area contributed by atoms with Crippen molar-refractivity contribution in [3.63, 3.8) is 0 Å². The predicted molar refractivity (Wildman–Crippen MR) is 61.9 cm³/mol. The molecular weight excluding hydrogens is 268 g/mol. The summed E-state index contributed by atoms with van der Waals surface area (Å²) in [4.78, 5) is 25.2. The molecule has 1 rings (SSSR count). The lowest BCUT2D eigenvalue weighted by Gasteiger charge is -2.09. The monoisotopic (exact) mass is 279 g/mol. The van der Waals surface area contributed by atoms with Crippen molar-refractivity contribution in [1.82, 2.24) is 4.98 Å². The van der Waals surface area contributed by atoms with Crippen molar-refractivity contribution in [3.05, 3.63) is 33.2 Å². The maximum absolute atomic E-state index is 12.5. The molecule has 0 aliphatic rings. The van der Waals surface area contributed by atoms with E-state index in [2.05, 4.69) is 4.98 Å². The van der Waals surface area contributed by atoms with Crippen molar-refractivity contribution in [1.29, 1.82) is 0 Å². The Bertz CT molecular complexity index is 488. The molecule has 100 valence electrons. The summed E-state index contributed by atoms with van der Waals surface area (Å²) in [6, 6.07) is 0.789. The van der Waals surface area contributed by atoms with Gasteiger partial charge in [0.15, 0.2) is 5.43 Å². The molecule has 0 aliphatic carbocycles. The molecule has 0 aliphatic heterocycles. The molecule has 7 heteroatoms. The van der Waals surface area contributed by atoms with E-state index in [0.29, 0.717) is 0 Å². The van der Waals surface area contributed by atoms with Gasteiger partial charge in [0.1, 0.15) is 0 Å². The lowest BCUT2D eigenvalue weighted by atomic mass is 10.1. The summed E-state index contributed by atoms with van der Waals surface area (Å²) in [6.45, 7) is 1.80. The summed E-state index contributed by atoms with van der Waals surface area (Å²) < 4.78 is 29.8. The van der Waals surface area contributed by atoms with Crippen LogP contribution in [0.25, 0.3) is 0 Å². The number of nitrogens with one attached hydrogen (secondary N) is 1. The highest BCUT2D eigenvalue weighted by Crippen LogP contribution is 2.17. The van der Waals surface area contributed by atoms with E-state index in [1.165, 1.54) is 0 Å². The smallest absolute Gasteiger partial charge is 0.311 e. The van der Waals surface area contributed by atoms with Crippen LogP contribution in [0.2, 0.25) is 0 Å². The molecule has 0 bridgehead atoms. The van der Waals surface area contributed by atoms with E-state index < -0.39 is 23.5 Å². The Hall–Kier alpha value is -1.43. The number of hydrogen-bond acceptors (Lipinski definition) is 3. The second-order valence-corrected chi connectivity index (χ2v) is 3.73. The van der Waals surface area contributed by atoms with Crippen molar-refractivity contribution in [3.8, 4) is 0 Å². The summed E-state index contributed by atoms with van der Waals surface area (Å²) in [7, 11) is 0. The molecule has 1 aromatic rings. The molecule has 0 unspecified atom stereocenters. The molecule has 4 nitrogen and oxygen atoms in total. The quantitative estimate of drug-likeness (QED) is 0.664. The lowest BCUT2D eigenvalue weighted by molar-refractivity contribution is -0.142. The van der Waals surface area contributed by atoms with Gasteiger partial charge in [0.05, 0.1) is 24.6 Å². The van der Waals surface area contributed by atoms with E-state index in [-0.39, 0.29) is 30.2 Å². The first-order valence-electron chi connectivity index (χ1n) is 5.24. The highest BCUT2D eigenvalue weighted by Gasteiger charge is 2.16. The molecule has 0 saturated heterocycles. The zero-order valence-corrected chi connectivity index (χ0v) is 10.4. The van der Waals surface area contributed by atoms with Crippen LogP contribution in [0.4, 0.5) is 8.78 Å². The van der Waals surface area contributed by atoms with Gasteiger partial charge in [0.2, 0.25) is 0 Å². The normalized spacial score (nSPS) is 10.7. The van der Waals surface area contributed by atoms with Crippen LogP contribution in [0.3, 0.4) is 0 Å². The minimum Gasteiger partial charge on any atom is -0.466 e. The predicted octanol–water partition coefficient (Wildman–Crippen LogP) is 2.16. The molecule has 0 atom stereocenters. The molecule has 0 radical (unpaired) electrons. The van der Waals surface area contributed by atoms with Gasteiger partial charge in [-0.25, -0.2) is 8.78 Å². The maximum Gasteiger partial charge on any atom is 0.311 e. The Morgan fingerprint density at radius 1 is 1.56 bits per heavy atom. The van der Waals surface area contributed by atoms with Gasteiger partial charge in [-0.1, -0.05) is 0 Å².